The number of anilines is 1. The third kappa shape index (κ3) is 6.12. The molecule has 188 valence electrons. The summed E-state index contributed by atoms with van der Waals surface area (Å²) in [5.74, 6) is 0.365. The van der Waals surface area contributed by atoms with E-state index in [-0.39, 0.29) is 16.4 Å². The van der Waals surface area contributed by atoms with Gasteiger partial charge in [-0.15, -0.1) is 11.3 Å². The van der Waals surface area contributed by atoms with Crippen LogP contribution in [0.2, 0.25) is 0 Å². The van der Waals surface area contributed by atoms with Gasteiger partial charge in [-0.1, -0.05) is 51.1 Å². The Morgan fingerprint density at radius 3 is 2.44 bits per heavy atom. The van der Waals surface area contributed by atoms with Gasteiger partial charge in [0, 0.05) is 10.4 Å². The fraction of sp³-hybridized carbons (Fsp3) is 0.321. The second kappa shape index (κ2) is 10.8. The molecular weight excluding hydrogens is 490 g/mol. The molecule has 36 heavy (non-hydrogen) atoms. The Kier molecular flexibility index (Phi) is 7.76. The maximum absolute atomic E-state index is 12.7. The average Bonchev–Trinajstić information content (AvgIpc) is 3.20. The number of amides is 2. The number of hydrogen-bond donors (Lipinski definition) is 3. The maximum atomic E-state index is 12.7. The minimum absolute atomic E-state index is 0.123. The van der Waals surface area contributed by atoms with Crippen molar-refractivity contribution >= 4 is 45.5 Å². The molecule has 1 heterocycles. The van der Waals surface area contributed by atoms with Crippen molar-refractivity contribution in [3.63, 3.8) is 0 Å². The molecule has 4 N–H and O–H groups in total. The van der Waals surface area contributed by atoms with Crippen LogP contribution in [0.15, 0.2) is 54.6 Å². The molecule has 1 atom stereocenters. The topological polar surface area (TPSA) is 93.4 Å². The van der Waals surface area contributed by atoms with Crippen LogP contribution in [0.4, 0.5) is 5.00 Å². The van der Waals surface area contributed by atoms with E-state index in [0.29, 0.717) is 34.4 Å². The number of nitrogens with two attached hydrogens (primary N) is 1. The Labute approximate surface area is 221 Å². The van der Waals surface area contributed by atoms with Crippen LogP contribution >= 0.6 is 23.6 Å². The summed E-state index contributed by atoms with van der Waals surface area (Å²) >= 11 is 6.89. The first-order valence-corrected chi connectivity index (χ1v) is 13.2. The minimum atomic E-state index is -0.482. The van der Waals surface area contributed by atoms with E-state index in [1.807, 2.05) is 30.3 Å². The number of hydrogen-bond acceptors (Lipinski definition) is 5. The number of thiocarbonyl (C=S) groups is 1. The Bertz CT molecular complexity index is 1260. The molecule has 0 spiro atoms. The zero-order valence-corrected chi connectivity index (χ0v) is 22.4. The lowest BCUT2D eigenvalue weighted by Crippen LogP contribution is -2.34. The highest BCUT2D eigenvalue weighted by atomic mass is 32.1. The largest absolute Gasteiger partial charge is 0.489 e. The second-order valence-corrected chi connectivity index (χ2v) is 11.6. The van der Waals surface area contributed by atoms with Gasteiger partial charge in [0.25, 0.3) is 11.8 Å². The molecule has 0 radical (unpaired) electrons. The number of primary amides is 1. The maximum Gasteiger partial charge on any atom is 0.257 e. The Morgan fingerprint density at radius 1 is 1.11 bits per heavy atom. The summed E-state index contributed by atoms with van der Waals surface area (Å²) in [5.41, 5.74) is 8.93. The van der Waals surface area contributed by atoms with E-state index in [2.05, 4.69) is 31.4 Å². The Balaban J connectivity index is 1.39. The molecule has 1 aromatic heterocycles. The summed E-state index contributed by atoms with van der Waals surface area (Å²) in [5, 5.41) is 6.46. The van der Waals surface area contributed by atoms with Crippen molar-refractivity contribution in [3.05, 3.63) is 81.7 Å². The first kappa shape index (κ1) is 25.9. The number of ether oxygens (including phenoxy) is 1. The van der Waals surface area contributed by atoms with Crippen molar-refractivity contribution in [2.45, 2.75) is 46.6 Å². The van der Waals surface area contributed by atoms with Crippen molar-refractivity contribution in [1.29, 1.82) is 0 Å². The monoisotopic (exact) mass is 521 g/mol. The van der Waals surface area contributed by atoms with Gasteiger partial charge < -0.3 is 15.8 Å². The normalized spacial score (nSPS) is 15.0. The van der Waals surface area contributed by atoms with Crippen molar-refractivity contribution < 1.29 is 14.3 Å². The quantitative estimate of drug-likeness (QED) is 0.362. The molecule has 1 aliphatic rings. The van der Waals surface area contributed by atoms with E-state index in [0.717, 1.165) is 35.3 Å². The summed E-state index contributed by atoms with van der Waals surface area (Å²) in [6.45, 7) is 7.19. The van der Waals surface area contributed by atoms with Gasteiger partial charge in [-0.05, 0) is 78.2 Å². The fourth-order valence-corrected chi connectivity index (χ4v) is 6.02. The molecule has 0 bridgehead atoms. The molecule has 0 saturated carbocycles. The van der Waals surface area contributed by atoms with Crippen LogP contribution in [0.3, 0.4) is 0 Å². The lowest BCUT2D eigenvalue weighted by Gasteiger charge is -2.33. The van der Waals surface area contributed by atoms with Crippen LogP contribution in [-0.2, 0) is 19.4 Å². The van der Waals surface area contributed by atoms with E-state index in [1.54, 1.807) is 24.3 Å². The molecule has 2 amide bonds. The summed E-state index contributed by atoms with van der Waals surface area (Å²) in [7, 11) is 0. The lowest BCUT2D eigenvalue weighted by molar-refractivity contribution is 0.0975. The summed E-state index contributed by atoms with van der Waals surface area (Å²) < 4.78 is 5.78. The van der Waals surface area contributed by atoms with Crippen LogP contribution in [0.25, 0.3) is 0 Å². The van der Waals surface area contributed by atoms with Gasteiger partial charge in [-0.2, -0.15) is 0 Å². The van der Waals surface area contributed by atoms with Gasteiger partial charge in [0.15, 0.2) is 5.11 Å². The molecule has 0 saturated heterocycles. The number of rotatable bonds is 6. The highest BCUT2D eigenvalue weighted by Gasteiger charge is 2.33. The molecule has 6 nitrogen and oxygen atoms in total. The highest BCUT2D eigenvalue weighted by Crippen LogP contribution is 2.44. The predicted molar refractivity (Wildman–Crippen MR) is 149 cm³/mol. The van der Waals surface area contributed by atoms with Crippen molar-refractivity contribution in [3.8, 4) is 5.75 Å². The molecule has 1 aliphatic carbocycles. The molecule has 8 heteroatoms. The standard InChI is InChI=1S/C28H31N3O3S2/c1-28(2,3)19-11-14-21-22(15-19)36-26(23(21)24(29)32)31-27(35)30-25(33)18-9-12-20(13-10-18)34-16-17-7-5-4-6-8-17/h4-10,12-13,19H,11,14-16H2,1-3H3,(H2,29,32)(H2,30,31,33,35)/t19-/m1/s1. The number of thiophene rings is 1. The van der Waals surface area contributed by atoms with Gasteiger partial charge in [0.2, 0.25) is 0 Å². The van der Waals surface area contributed by atoms with E-state index in [9.17, 15) is 9.59 Å². The van der Waals surface area contributed by atoms with Crippen LogP contribution < -0.4 is 21.1 Å². The number of fused-ring (bicyclic) bond motifs is 1. The minimum Gasteiger partial charge on any atom is -0.489 e. The van der Waals surface area contributed by atoms with E-state index < -0.39 is 5.91 Å². The van der Waals surface area contributed by atoms with Crippen LogP contribution in [-0.4, -0.2) is 16.9 Å². The third-order valence-corrected chi connectivity index (χ3v) is 7.93. The summed E-state index contributed by atoms with van der Waals surface area (Å²) in [6.07, 6.45) is 2.73. The zero-order chi connectivity index (χ0) is 25.9. The smallest absolute Gasteiger partial charge is 0.257 e. The molecule has 0 fully saturated rings. The van der Waals surface area contributed by atoms with Crippen LogP contribution in [0, 0.1) is 11.3 Å². The molecular formula is C28H31N3O3S2. The van der Waals surface area contributed by atoms with E-state index in [1.165, 1.54) is 11.3 Å². The van der Waals surface area contributed by atoms with Gasteiger partial charge in [-0.25, -0.2) is 0 Å². The average molecular weight is 522 g/mol. The van der Waals surface area contributed by atoms with Crippen molar-refractivity contribution in [2.75, 3.05) is 5.32 Å². The van der Waals surface area contributed by atoms with Crippen LogP contribution in [0.5, 0.6) is 5.75 Å². The Morgan fingerprint density at radius 2 is 1.81 bits per heavy atom. The molecule has 2 aromatic carbocycles. The van der Waals surface area contributed by atoms with E-state index in [4.69, 9.17) is 22.7 Å². The van der Waals surface area contributed by atoms with Gasteiger partial charge in [-0.3, -0.25) is 14.9 Å². The summed E-state index contributed by atoms with van der Waals surface area (Å²) in [6, 6.07) is 16.7. The first-order valence-electron chi connectivity index (χ1n) is 11.9. The molecule has 0 aliphatic heterocycles. The van der Waals surface area contributed by atoms with Gasteiger partial charge in [0.1, 0.15) is 17.4 Å². The third-order valence-electron chi connectivity index (χ3n) is 6.56. The zero-order valence-electron chi connectivity index (χ0n) is 20.7. The number of carbonyl (C=O) groups is 2. The molecule has 4 rings (SSSR count). The lowest BCUT2D eigenvalue weighted by atomic mass is 9.72. The molecule has 3 aromatic rings. The SMILES string of the molecule is CC(C)(C)[C@@H]1CCc2c(sc(NC(=S)NC(=O)c3ccc(OCc4ccccc4)cc3)c2C(N)=O)C1. The fourth-order valence-electron chi connectivity index (χ4n) is 4.43. The predicted octanol–water partition coefficient (Wildman–Crippen LogP) is 5.70. The van der Waals surface area contributed by atoms with E-state index >= 15 is 0 Å². The van der Waals surface area contributed by atoms with Crippen LogP contribution in [0.1, 0.15) is 63.9 Å². The molecule has 0 unspecified atom stereocenters. The summed E-state index contributed by atoms with van der Waals surface area (Å²) in [4.78, 5) is 26.2. The number of carbonyl (C=O) groups excluding carboxylic acids is 2. The first-order chi connectivity index (χ1) is 17.1. The Hall–Kier alpha value is -3.23. The van der Waals surface area contributed by atoms with Crippen molar-refractivity contribution in [1.82, 2.24) is 5.32 Å². The highest BCUT2D eigenvalue weighted by molar-refractivity contribution is 7.80. The second-order valence-electron chi connectivity index (χ2n) is 10.1. The number of benzene rings is 2. The number of nitrogens with one attached hydrogen (secondary N) is 2. The van der Waals surface area contributed by atoms with Gasteiger partial charge in [0.05, 0.1) is 5.56 Å². The van der Waals surface area contributed by atoms with Gasteiger partial charge >= 0.3 is 0 Å². The van der Waals surface area contributed by atoms with Crippen molar-refractivity contribution in [2.24, 2.45) is 17.1 Å².